The van der Waals surface area contributed by atoms with Crippen LogP contribution in [0.25, 0.3) is 0 Å². The highest BCUT2D eigenvalue weighted by Gasteiger charge is 2.04. The number of hydrogen-bond acceptors (Lipinski definition) is 2. The van der Waals surface area contributed by atoms with Gasteiger partial charge >= 0.3 is 12.6 Å². The molecular formula is C10H10F2O3. The summed E-state index contributed by atoms with van der Waals surface area (Å²) in [5, 5.41) is 8.42. The fraction of sp³-hybridized carbons (Fsp3) is 0.300. The molecule has 0 aliphatic rings. The first kappa shape index (κ1) is 11.4. The van der Waals surface area contributed by atoms with Gasteiger partial charge in [-0.1, -0.05) is 12.1 Å². The molecule has 0 bridgehead atoms. The summed E-state index contributed by atoms with van der Waals surface area (Å²) in [6.07, 6.45) is 0.402. The van der Waals surface area contributed by atoms with E-state index in [2.05, 4.69) is 4.74 Å². The monoisotopic (exact) mass is 216 g/mol. The van der Waals surface area contributed by atoms with Crippen molar-refractivity contribution < 1.29 is 23.4 Å². The maximum absolute atomic E-state index is 11.8. The van der Waals surface area contributed by atoms with E-state index in [1.165, 1.54) is 12.1 Å². The van der Waals surface area contributed by atoms with Crippen molar-refractivity contribution in [3.8, 4) is 5.75 Å². The summed E-state index contributed by atoms with van der Waals surface area (Å²) in [4.78, 5) is 10.3. The van der Waals surface area contributed by atoms with Crippen molar-refractivity contribution >= 4 is 5.97 Å². The number of aliphatic carboxylic acids is 1. The molecule has 3 nitrogen and oxygen atoms in total. The van der Waals surface area contributed by atoms with Crippen LogP contribution in [0.3, 0.4) is 0 Å². The molecule has 82 valence electrons. The van der Waals surface area contributed by atoms with Crippen LogP contribution in [0, 0.1) is 0 Å². The van der Waals surface area contributed by atoms with Gasteiger partial charge in [0.05, 0.1) is 0 Å². The molecule has 0 heterocycles. The molecule has 0 aliphatic heterocycles. The van der Waals surface area contributed by atoms with Crippen molar-refractivity contribution in [2.75, 3.05) is 0 Å². The summed E-state index contributed by atoms with van der Waals surface area (Å²) < 4.78 is 27.7. The van der Waals surface area contributed by atoms with E-state index in [0.29, 0.717) is 6.42 Å². The Morgan fingerprint density at radius 2 is 1.93 bits per heavy atom. The van der Waals surface area contributed by atoms with Crippen LogP contribution in [0.2, 0.25) is 0 Å². The minimum atomic E-state index is -2.84. The van der Waals surface area contributed by atoms with Crippen LogP contribution in [0.15, 0.2) is 24.3 Å². The lowest BCUT2D eigenvalue weighted by Crippen LogP contribution is -2.02. The van der Waals surface area contributed by atoms with Gasteiger partial charge in [-0.2, -0.15) is 8.78 Å². The van der Waals surface area contributed by atoms with E-state index in [4.69, 9.17) is 5.11 Å². The topological polar surface area (TPSA) is 46.5 Å². The third-order valence-corrected chi connectivity index (χ3v) is 1.78. The number of ether oxygens (including phenoxy) is 1. The van der Waals surface area contributed by atoms with Crippen molar-refractivity contribution in [1.29, 1.82) is 0 Å². The summed E-state index contributed by atoms with van der Waals surface area (Å²) >= 11 is 0. The SMILES string of the molecule is O=C(O)CCc1ccc(OC(F)F)cc1. The second-order valence-electron chi connectivity index (χ2n) is 2.92. The van der Waals surface area contributed by atoms with Crippen molar-refractivity contribution in [3.63, 3.8) is 0 Å². The molecule has 1 N–H and O–H groups in total. The van der Waals surface area contributed by atoms with Crippen LogP contribution in [0.4, 0.5) is 8.78 Å². The van der Waals surface area contributed by atoms with Crippen molar-refractivity contribution in [3.05, 3.63) is 29.8 Å². The van der Waals surface area contributed by atoms with Crippen LogP contribution in [0.1, 0.15) is 12.0 Å². The Morgan fingerprint density at radius 1 is 1.33 bits per heavy atom. The Hall–Kier alpha value is -1.65. The van der Waals surface area contributed by atoms with Gasteiger partial charge in [0.1, 0.15) is 5.75 Å². The molecule has 0 atom stereocenters. The van der Waals surface area contributed by atoms with Gasteiger partial charge in [0.15, 0.2) is 0 Å². The van der Waals surface area contributed by atoms with Crippen molar-refractivity contribution in [1.82, 2.24) is 0 Å². The van der Waals surface area contributed by atoms with Gasteiger partial charge in [0.25, 0.3) is 0 Å². The summed E-state index contributed by atoms with van der Waals surface area (Å²) in [5.41, 5.74) is 0.777. The van der Waals surface area contributed by atoms with Gasteiger partial charge in [-0.25, -0.2) is 0 Å². The summed E-state index contributed by atoms with van der Waals surface area (Å²) in [6.45, 7) is -2.84. The molecule has 0 radical (unpaired) electrons. The maximum atomic E-state index is 11.8. The third kappa shape index (κ3) is 4.39. The summed E-state index contributed by atoms with van der Waals surface area (Å²) in [7, 11) is 0. The highest BCUT2D eigenvalue weighted by molar-refractivity contribution is 5.67. The molecule has 0 amide bonds. The second kappa shape index (κ2) is 5.29. The minimum Gasteiger partial charge on any atom is -0.481 e. The Balaban J connectivity index is 2.52. The average molecular weight is 216 g/mol. The molecule has 0 fully saturated rings. The molecule has 15 heavy (non-hydrogen) atoms. The first-order valence-electron chi connectivity index (χ1n) is 4.33. The number of carboxylic acid groups (broad SMARTS) is 1. The summed E-state index contributed by atoms with van der Waals surface area (Å²) in [5.74, 6) is -0.813. The van der Waals surface area contributed by atoms with Crippen LogP contribution in [0.5, 0.6) is 5.75 Å². The van der Waals surface area contributed by atoms with E-state index in [1.54, 1.807) is 12.1 Å². The number of halogens is 2. The molecule has 0 unspecified atom stereocenters. The molecule has 0 saturated carbocycles. The Kier molecular flexibility index (Phi) is 4.03. The Bertz CT molecular complexity index is 322. The Labute approximate surface area is 85.3 Å². The summed E-state index contributed by atoms with van der Waals surface area (Å²) in [6, 6.07) is 5.92. The molecule has 0 spiro atoms. The van der Waals surface area contributed by atoms with Gasteiger partial charge in [0.2, 0.25) is 0 Å². The number of benzene rings is 1. The van der Waals surface area contributed by atoms with Crippen molar-refractivity contribution in [2.24, 2.45) is 0 Å². The van der Waals surface area contributed by atoms with E-state index in [0.717, 1.165) is 5.56 Å². The molecule has 5 heteroatoms. The van der Waals surface area contributed by atoms with Crippen LogP contribution >= 0.6 is 0 Å². The van der Waals surface area contributed by atoms with Crippen LogP contribution in [-0.2, 0) is 11.2 Å². The number of carbonyl (C=O) groups is 1. The molecule has 0 aromatic heterocycles. The Morgan fingerprint density at radius 3 is 2.40 bits per heavy atom. The largest absolute Gasteiger partial charge is 0.481 e. The first-order valence-corrected chi connectivity index (χ1v) is 4.33. The second-order valence-corrected chi connectivity index (χ2v) is 2.92. The van der Waals surface area contributed by atoms with E-state index in [-0.39, 0.29) is 12.2 Å². The number of aryl methyl sites for hydroxylation is 1. The van der Waals surface area contributed by atoms with Gasteiger partial charge in [0, 0.05) is 6.42 Å². The lowest BCUT2D eigenvalue weighted by molar-refractivity contribution is -0.136. The molecule has 1 rings (SSSR count). The highest BCUT2D eigenvalue weighted by Crippen LogP contribution is 2.15. The molecular weight excluding hydrogens is 206 g/mol. The van der Waals surface area contributed by atoms with Gasteiger partial charge in [-0.05, 0) is 24.1 Å². The quantitative estimate of drug-likeness (QED) is 0.821. The fourth-order valence-electron chi connectivity index (χ4n) is 1.09. The van der Waals surface area contributed by atoms with E-state index in [9.17, 15) is 13.6 Å². The molecule has 0 aliphatic carbocycles. The lowest BCUT2D eigenvalue weighted by Gasteiger charge is -2.04. The van der Waals surface area contributed by atoms with Gasteiger partial charge < -0.3 is 9.84 Å². The zero-order valence-corrected chi connectivity index (χ0v) is 7.82. The smallest absolute Gasteiger partial charge is 0.387 e. The maximum Gasteiger partial charge on any atom is 0.387 e. The number of carboxylic acids is 1. The van der Waals surface area contributed by atoms with E-state index in [1.807, 2.05) is 0 Å². The zero-order chi connectivity index (χ0) is 11.3. The number of rotatable bonds is 5. The fourth-order valence-corrected chi connectivity index (χ4v) is 1.09. The lowest BCUT2D eigenvalue weighted by atomic mass is 10.1. The van der Waals surface area contributed by atoms with Crippen LogP contribution in [-0.4, -0.2) is 17.7 Å². The van der Waals surface area contributed by atoms with Gasteiger partial charge in [-0.15, -0.1) is 0 Å². The standard InChI is InChI=1S/C10H10F2O3/c11-10(12)15-8-4-1-7(2-5-8)3-6-9(13)14/h1-2,4-5,10H,3,6H2,(H,13,14). The number of hydrogen-bond donors (Lipinski definition) is 1. The molecule has 1 aromatic carbocycles. The normalized spacial score (nSPS) is 10.3. The van der Waals surface area contributed by atoms with E-state index < -0.39 is 12.6 Å². The van der Waals surface area contributed by atoms with Crippen LogP contribution < -0.4 is 4.74 Å². The highest BCUT2D eigenvalue weighted by atomic mass is 19.3. The van der Waals surface area contributed by atoms with E-state index >= 15 is 0 Å². The predicted octanol–water partition coefficient (Wildman–Crippen LogP) is 2.31. The molecule has 0 saturated heterocycles. The van der Waals surface area contributed by atoms with Crippen molar-refractivity contribution in [2.45, 2.75) is 19.5 Å². The van der Waals surface area contributed by atoms with Gasteiger partial charge in [-0.3, -0.25) is 4.79 Å². The third-order valence-electron chi connectivity index (χ3n) is 1.78. The zero-order valence-electron chi connectivity index (χ0n) is 7.82. The molecule has 1 aromatic rings. The first-order chi connectivity index (χ1) is 7.08. The number of alkyl halides is 2. The average Bonchev–Trinajstić information content (AvgIpc) is 2.16. The predicted molar refractivity (Wildman–Crippen MR) is 49.0 cm³/mol. The minimum absolute atomic E-state index is 0.0229.